The highest BCUT2D eigenvalue weighted by molar-refractivity contribution is 7.99. The molecular formula is C18H23NOS. The summed E-state index contributed by atoms with van der Waals surface area (Å²) in [7, 11) is 1.71. The summed E-state index contributed by atoms with van der Waals surface area (Å²) >= 11 is 1.80. The maximum absolute atomic E-state index is 6.39. The summed E-state index contributed by atoms with van der Waals surface area (Å²) in [6.07, 6.45) is 0. The molecule has 0 heterocycles. The third-order valence-corrected chi connectivity index (χ3v) is 5.12. The Morgan fingerprint density at radius 3 is 2.43 bits per heavy atom. The maximum atomic E-state index is 6.39. The number of thioether (sulfide) groups is 1. The molecule has 0 aliphatic carbocycles. The van der Waals surface area contributed by atoms with Gasteiger partial charge in [-0.2, -0.15) is 0 Å². The lowest BCUT2D eigenvalue weighted by Crippen LogP contribution is -2.15. The van der Waals surface area contributed by atoms with Crippen molar-refractivity contribution in [3.05, 3.63) is 58.7 Å². The van der Waals surface area contributed by atoms with E-state index in [1.54, 1.807) is 18.9 Å². The van der Waals surface area contributed by atoms with Crippen molar-refractivity contribution in [3.63, 3.8) is 0 Å². The first-order valence-corrected chi connectivity index (χ1v) is 8.11. The molecule has 0 bridgehead atoms. The molecule has 0 saturated heterocycles. The molecule has 2 aromatic carbocycles. The number of rotatable bonds is 5. The standard InChI is InChI=1S/C18H23NOS/c1-12-9-10-15(18(20-4)14(12)3)16(19)11-21-17-8-6-5-7-13(17)2/h5-10,16H,11,19H2,1-4H3. The van der Waals surface area contributed by atoms with E-state index in [0.29, 0.717) is 0 Å². The zero-order valence-corrected chi connectivity index (χ0v) is 14.0. The van der Waals surface area contributed by atoms with Crippen LogP contribution in [0.25, 0.3) is 0 Å². The van der Waals surface area contributed by atoms with E-state index in [1.165, 1.54) is 21.6 Å². The summed E-state index contributed by atoms with van der Waals surface area (Å²) in [6, 6.07) is 12.6. The molecule has 0 aliphatic rings. The lowest BCUT2D eigenvalue weighted by Gasteiger charge is -2.19. The third-order valence-electron chi connectivity index (χ3n) is 3.82. The predicted octanol–water partition coefficient (Wildman–Crippen LogP) is 4.41. The van der Waals surface area contributed by atoms with Crippen LogP contribution in [0.2, 0.25) is 0 Å². The highest BCUT2D eigenvalue weighted by Crippen LogP contribution is 2.33. The molecule has 0 aromatic heterocycles. The van der Waals surface area contributed by atoms with Crippen LogP contribution in [-0.2, 0) is 0 Å². The van der Waals surface area contributed by atoms with Crippen LogP contribution < -0.4 is 10.5 Å². The molecule has 0 aliphatic heterocycles. The zero-order valence-electron chi connectivity index (χ0n) is 13.1. The second-order valence-electron chi connectivity index (χ2n) is 5.31. The van der Waals surface area contributed by atoms with Gasteiger partial charge in [-0.3, -0.25) is 0 Å². The van der Waals surface area contributed by atoms with Crippen LogP contribution in [-0.4, -0.2) is 12.9 Å². The Kier molecular flexibility index (Phi) is 5.32. The normalized spacial score (nSPS) is 12.2. The van der Waals surface area contributed by atoms with Gasteiger partial charge >= 0.3 is 0 Å². The van der Waals surface area contributed by atoms with E-state index in [4.69, 9.17) is 10.5 Å². The fourth-order valence-electron chi connectivity index (χ4n) is 2.36. The molecule has 21 heavy (non-hydrogen) atoms. The molecule has 2 nitrogen and oxygen atoms in total. The van der Waals surface area contributed by atoms with E-state index >= 15 is 0 Å². The number of nitrogens with two attached hydrogens (primary N) is 1. The van der Waals surface area contributed by atoms with Gasteiger partial charge in [0.05, 0.1) is 7.11 Å². The molecule has 0 radical (unpaired) electrons. The van der Waals surface area contributed by atoms with Crippen LogP contribution in [0, 0.1) is 20.8 Å². The summed E-state index contributed by atoms with van der Waals surface area (Å²) in [6.45, 7) is 6.30. The van der Waals surface area contributed by atoms with Gasteiger partial charge in [-0.1, -0.05) is 30.3 Å². The first-order valence-electron chi connectivity index (χ1n) is 7.12. The summed E-state index contributed by atoms with van der Waals surface area (Å²) in [4.78, 5) is 1.29. The van der Waals surface area contributed by atoms with Gasteiger partial charge < -0.3 is 10.5 Å². The zero-order chi connectivity index (χ0) is 15.4. The summed E-state index contributed by atoms with van der Waals surface area (Å²) in [5.74, 6) is 1.76. The van der Waals surface area contributed by atoms with Gasteiger partial charge in [0.2, 0.25) is 0 Å². The van der Waals surface area contributed by atoms with Crippen molar-refractivity contribution in [3.8, 4) is 5.75 Å². The Bertz CT molecular complexity index is 625. The average molecular weight is 301 g/mol. The van der Waals surface area contributed by atoms with E-state index in [1.807, 2.05) is 0 Å². The Balaban J connectivity index is 2.16. The third kappa shape index (κ3) is 3.60. The molecule has 0 amide bonds. The fraction of sp³-hybridized carbons (Fsp3) is 0.333. The van der Waals surface area contributed by atoms with E-state index in [0.717, 1.165) is 17.1 Å². The number of aryl methyl sites for hydroxylation is 2. The molecule has 112 valence electrons. The highest BCUT2D eigenvalue weighted by Gasteiger charge is 2.15. The monoisotopic (exact) mass is 301 g/mol. The Morgan fingerprint density at radius 1 is 1.05 bits per heavy atom. The predicted molar refractivity (Wildman–Crippen MR) is 91.3 cm³/mol. The van der Waals surface area contributed by atoms with E-state index < -0.39 is 0 Å². The molecule has 3 heteroatoms. The van der Waals surface area contributed by atoms with Gasteiger partial charge in [-0.15, -0.1) is 11.8 Å². The van der Waals surface area contributed by atoms with Gasteiger partial charge in [0.15, 0.2) is 0 Å². The maximum Gasteiger partial charge on any atom is 0.126 e. The minimum absolute atomic E-state index is 0.0381. The fourth-order valence-corrected chi connectivity index (χ4v) is 3.37. The molecule has 2 aromatic rings. The van der Waals surface area contributed by atoms with Crippen molar-refractivity contribution in [2.75, 3.05) is 12.9 Å². The minimum Gasteiger partial charge on any atom is -0.496 e. The SMILES string of the molecule is COc1c(C(N)CSc2ccccc2C)ccc(C)c1C. The van der Waals surface area contributed by atoms with Crippen LogP contribution in [0.15, 0.2) is 41.3 Å². The lowest BCUT2D eigenvalue weighted by molar-refractivity contribution is 0.403. The first kappa shape index (κ1) is 15.9. The Labute approximate surface area is 131 Å². The molecule has 1 unspecified atom stereocenters. The van der Waals surface area contributed by atoms with Crippen molar-refractivity contribution in [1.82, 2.24) is 0 Å². The summed E-state index contributed by atoms with van der Waals surface area (Å²) in [5.41, 5.74) is 11.2. The van der Waals surface area contributed by atoms with Crippen molar-refractivity contribution >= 4 is 11.8 Å². The van der Waals surface area contributed by atoms with Crippen molar-refractivity contribution in [1.29, 1.82) is 0 Å². The Morgan fingerprint density at radius 2 is 1.76 bits per heavy atom. The van der Waals surface area contributed by atoms with Crippen LogP contribution >= 0.6 is 11.8 Å². The van der Waals surface area contributed by atoms with Crippen molar-refractivity contribution < 1.29 is 4.74 Å². The number of hydrogen-bond donors (Lipinski definition) is 1. The smallest absolute Gasteiger partial charge is 0.126 e. The van der Waals surface area contributed by atoms with Crippen molar-refractivity contribution in [2.24, 2.45) is 5.73 Å². The quantitative estimate of drug-likeness (QED) is 0.831. The number of benzene rings is 2. The molecule has 0 saturated carbocycles. The number of methoxy groups -OCH3 is 1. The van der Waals surface area contributed by atoms with Gasteiger partial charge in [-0.25, -0.2) is 0 Å². The largest absolute Gasteiger partial charge is 0.496 e. The van der Waals surface area contributed by atoms with Gasteiger partial charge in [-0.05, 0) is 43.5 Å². The highest BCUT2D eigenvalue weighted by atomic mass is 32.2. The van der Waals surface area contributed by atoms with Gasteiger partial charge in [0, 0.05) is 22.3 Å². The molecule has 2 N–H and O–H groups in total. The number of hydrogen-bond acceptors (Lipinski definition) is 3. The molecular weight excluding hydrogens is 278 g/mol. The molecule has 0 fully saturated rings. The van der Waals surface area contributed by atoms with Gasteiger partial charge in [0.1, 0.15) is 5.75 Å². The van der Waals surface area contributed by atoms with E-state index in [-0.39, 0.29) is 6.04 Å². The molecule has 1 atom stereocenters. The van der Waals surface area contributed by atoms with E-state index in [2.05, 4.69) is 57.2 Å². The van der Waals surface area contributed by atoms with Crippen LogP contribution in [0.4, 0.5) is 0 Å². The summed E-state index contributed by atoms with van der Waals surface area (Å²) < 4.78 is 5.56. The van der Waals surface area contributed by atoms with Gasteiger partial charge in [0.25, 0.3) is 0 Å². The van der Waals surface area contributed by atoms with Crippen LogP contribution in [0.3, 0.4) is 0 Å². The van der Waals surface area contributed by atoms with Crippen LogP contribution in [0.1, 0.15) is 28.3 Å². The second-order valence-corrected chi connectivity index (χ2v) is 6.37. The number of ether oxygens (including phenoxy) is 1. The second kappa shape index (κ2) is 7.01. The lowest BCUT2D eigenvalue weighted by atomic mass is 10.0. The van der Waals surface area contributed by atoms with E-state index in [9.17, 15) is 0 Å². The topological polar surface area (TPSA) is 35.2 Å². The molecule has 2 rings (SSSR count). The first-order chi connectivity index (χ1) is 10.0. The summed E-state index contributed by atoms with van der Waals surface area (Å²) in [5, 5.41) is 0. The van der Waals surface area contributed by atoms with Crippen molar-refractivity contribution in [2.45, 2.75) is 31.7 Å². The minimum atomic E-state index is -0.0381. The average Bonchev–Trinajstić information content (AvgIpc) is 2.48. The Hall–Kier alpha value is -1.45. The molecule has 0 spiro atoms. The van der Waals surface area contributed by atoms with Crippen LogP contribution in [0.5, 0.6) is 5.75 Å².